The predicted octanol–water partition coefficient (Wildman–Crippen LogP) is 2.29. The number of nitro benzene ring substituents is 1. The SMILES string of the molecule is O=[N+]([O-])c1cccc2oc(NCC[C@@H]3CCCN3)nc12. The molecule has 2 N–H and O–H groups in total. The largest absolute Gasteiger partial charge is 0.423 e. The maximum absolute atomic E-state index is 10.9. The standard InChI is InChI=1S/C13H16N4O3/c18-17(19)10-4-1-5-11-12(10)16-13(20-11)15-8-6-9-3-2-7-14-9/h1,4-5,9,14H,2-3,6-8H2,(H,15,16)/t9-/m0/s1. The van der Waals surface area contributed by atoms with Crippen molar-refractivity contribution < 1.29 is 9.34 Å². The molecule has 7 nitrogen and oxygen atoms in total. The van der Waals surface area contributed by atoms with E-state index in [0.717, 1.165) is 19.5 Å². The van der Waals surface area contributed by atoms with Gasteiger partial charge in [-0.05, 0) is 31.9 Å². The average Bonchev–Trinajstić information content (AvgIpc) is 3.06. The van der Waals surface area contributed by atoms with Crippen molar-refractivity contribution in [3.8, 4) is 0 Å². The van der Waals surface area contributed by atoms with Crippen LogP contribution in [-0.2, 0) is 0 Å². The molecule has 7 heteroatoms. The molecule has 1 atom stereocenters. The first-order chi connectivity index (χ1) is 9.74. The summed E-state index contributed by atoms with van der Waals surface area (Å²) in [4.78, 5) is 14.6. The van der Waals surface area contributed by atoms with Crippen molar-refractivity contribution in [1.82, 2.24) is 10.3 Å². The average molecular weight is 276 g/mol. The number of fused-ring (bicyclic) bond motifs is 1. The Hall–Kier alpha value is -2.15. The molecule has 1 fully saturated rings. The summed E-state index contributed by atoms with van der Waals surface area (Å²) in [7, 11) is 0. The lowest BCUT2D eigenvalue weighted by atomic mass is 10.2. The second-order valence-corrected chi connectivity index (χ2v) is 4.91. The van der Waals surface area contributed by atoms with Crippen LogP contribution in [0.5, 0.6) is 0 Å². The number of anilines is 1. The van der Waals surface area contributed by atoms with Crippen LogP contribution < -0.4 is 10.6 Å². The minimum atomic E-state index is -0.447. The minimum absolute atomic E-state index is 0.0308. The van der Waals surface area contributed by atoms with Crippen molar-refractivity contribution in [2.75, 3.05) is 18.4 Å². The number of hydrogen-bond acceptors (Lipinski definition) is 6. The van der Waals surface area contributed by atoms with Crippen LogP contribution in [0.25, 0.3) is 11.1 Å². The van der Waals surface area contributed by atoms with Crippen LogP contribution in [0, 0.1) is 10.1 Å². The van der Waals surface area contributed by atoms with Crippen molar-refractivity contribution in [3.63, 3.8) is 0 Å². The van der Waals surface area contributed by atoms with Crippen LogP contribution in [-0.4, -0.2) is 29.0 Å². The molecule has 1 aliphatic rings. The van der Waals surface area contributed by atoms with E-state index in [0.29, 0.717) is 23.2 Å². The first kappa shape index (κ1) is 12.9. The number of rotatable bonds is 5. The topological polar surface area (TPSA) is 93.2 Å². The number of non-ortho nitro benzene ring substituents is 1. The van der Waals surface area contributed by atoms with Crippen molar-refractivity contribution in [3.05, 3.63) is 28.3 Å². The van der Waals surface area contributed by atoms with Crippen LogP contribution in [0.15, 0.2) is 22.6 Å². The van der Waals surface area contributed by atoms with Gasteiger partial charge in [0.15, 0.2) is 11.1 Å². The maximum atomic E-state index is 10.9. The number of hydrogen-bond donors (Lipinski definition) is 2. The van der Waals surface area contributed by atoms with E-state index in [1.165, 1.54) is 18.9 Å². The number of oxazole rings is 1. The summed E-state index contributed by atoms with van der Waals surface area (Å²) in [6.45, 7) is 1.82. The zero-order valence-electron chi connectivity index (χ0n) is 11.0. The summed E-state index contributed by atoms with van der Waals surface area (Å²) >= 11 is 0. The molecule has 0 saturated carbocycles. The van der Waals surface area contributed by atoms with Gasteiger partial charge in [-0.1, -0.05) is 6.07 Å². The molecule has 0 unspecified atom stereocenters. The molecule has 20 heavy (non-hydrogen) atoms. The molecule has 3 rings (SSSR count). The highest BCUT2D eigenvalue weighted by atomic mass is 16.6. The van der Waals surface area contributed by atoms with E-state index in [9.17, 15) is 10.1 Å². The molecule has 1 aliphatic heterocycles. The van der Waals surface area contributed by atoms with Gasteiger partial charge in [-0.15, -0.1) is 0 Å². The molecule has 0 aliphatic carbocycles. The van der Waals surface area contributed by atoms with E-state index in [4.69, 9.17) is 4.42 Å². The number of para-hydroxylation sites is 1. The summed E-state index contributed by atoms with van der Waals surface area (Å²) in [6.07, 6.45) is 3.40. The molecule has 2 heterocycles. The van der Waals surface area contributed by atoms with E-state index in [1.807, 2.05) is 0 Å². The lowest BCUT2D eigenvalue weighted by molar-refractivity contribution is -0.383. The fraction of sp³-hybridized carbons (Fsp3) is 0.462. The highest BCUT2D eigenvalue weighted by Crippen LogP contribution is 2.27. The Bertz CT molecular complexity index is 619. The Kier molecular flexibility index (Phi) is 3.51. The van der Waals surface area contributed by atoms with Gasteiger partial charge in [0.2, 0.25) is 0 Å². The maximum Gasteiger partial charge on any atom is 0.298 e. The summed E-state index contributed by atoms with van der Waals surface area (Å²) in [5.74, 6) is 0. The number of nitrogens with one attached hydrogen (secondary N) is 2. The Morgan fingerprint density at radius 1 is 1.55 bits per heavy atom. The molecule has 0 bridgehead atoms. The fourth-order valence-corrected chi connectivity index (χ4v) is 2.51. The number of aromatic nitrogens is 1. The van der Waals surface area contributed by atoms with Gasteiger partial charge < -0.3 is 15.1 Å². The lowest BCUT2D eigenvalue weighted by Crippen LogP contribution is -2.24. The summed E-state index contributed by atoms with van der Waals surface area (Å²) in [5, 5.41) is 17.4. The second kappa shape index (κ2) is 5.46. The second-order valence-electron chi connectivity index (χ2n) is 4.91. The molecule has 1 aromatic heterocycles. The van der Waals surface area contributed by atoms with Crippen molar-refractivity contribution in [2.45, 2.75) is 25.3 Å². The molecular weight excluding hydrogens is 260 g/mol. The Balaban J connectivity index is 1.69. The van der Waals surface area contributed by atoms with Crippen molar-refractivity contribution in [2.24, 2.45) is 0 Å². The van der Waals surface area contributed by atoms with Crippen LogP contribution in [0.3, 0.4) is 0 Å². The highest BCUT2D eigenvalue weighted by molar-refractivity contribution is 5.83. The van der Waals surface area contributed by atoms with Gasteiger partial charge in [-0.2, -0.15) is 4.98 Å². The molecule has 0 amide bonds. The molecule has 0 spiro atoms. The van der Waals surface area contributed by atoms with E-state index >= 15 is 0 Å². The summed E-state index contributed by atoms with van der Waals surface area (Å²) in [5.41, 5.74) is 0.691. The van der Waals surface area contributed by atoms with E-state index in [-0.39, 0.29) is 5.69 Å². The van der Waals surface area contributed by atoms with Crippen molar-refractivity contribution in [1.29, 1.82) is 0 Å². The minimum Gasteiger partial charge on any atom is -0.423 e. The van der Waals surface area contributed by atoms with Gasteiger partial charge in [-0.3, -0.25) is 10.1 Å². The number of nitrogens with zero attached hydrogens (tertiary/aromatic N) is 2. The molecule has 1 aromatic carbocycles. The molecule has 1 saturated heterocycles. The number of benzene rings is 1. The van der Waals surface area contributed by atoms with Crippen LogP contribution >= 0.6 is 0 Å². The third kappa shape index (κ3) is 2.57. The Morgan fingerprint density at radius 2 is 2.45 bits per heavy atom. The zero-order valence-corrected chi connectivity index (χ0v) is 11.0. The van der Waals surface area contributed by atoms with Gasteiger partial charge in [0.1, 0.15) is 0 Å². The summed E-state index contributed by atoms with van der Waals surface area (Å²) < 4.78 is 5.48. The Labute approximate surface area is 115 Å². The monoisotopic (exact) mass is 276 g/mol. The van der Waals surface area contributed by atoms with Crippen molar-refractivity contribution >= 4 is 22.8 Å². The highest BCUT2D eigenvalue weighted by Gasteiger charge is 2.18. The van der Waals surface area contributed by atoms with Gasteiger partial charge in [0.05, 0.1) is 4.92 Å². The zero-order chi connectivity index (χ0) is 13.9. The molecule has 0 radical (unpaired) electrons. The molecular formula is C13H16N4O3. The van der Waals surface area contributed by atoms with E-state index in [2.05, 4.69) is 15.6 Å². The van der Waals surface area contributed by atoms with Crippen LogP contribution in [0.1, 0.15) is 19.3 Å². The van der Waals surface area contributed by atoms with Gasteiger partial charge in [0, 0.05) is 18.7 Å². The van der Waals surface area contributed by atoms with Gasteiger partial charge >= 0.3 is 0 Å². The normalized spacial score (nSPS) is 18.5. The van der Waals surface area contributed by atoms with Crippen LogP contribution in [0.4, 0.5) is 11.7 Å². The summed E-state index contributed by atoms with van der Waals surface area (Å²) in [6, 6.07) is 5.59. The first-order valence-electron chi connectivity index (χ1n) is 6.75. The van der Waals surface area contributed by atoms with E-state index in [1.54, 1.807) is 12.1 Å². The molecule has 2 aromatic rings. The smallest absolute Gasteiger partial charge is 0.298 e. The van der Waals surface area contributed by atoms with E-state index < -0.39 is 4.92 Å². The first-order valence-corrected chi connectivity index (χ1v) is 6.75. The van der Waals surface area contributed by atoms with Gasteiger partial charge in [0.25, 0.3) is 11.7 Å². The quantitative estimate of drug-likeness (QED) is 0.643. The van der Waals surface area contributed by atoms with Gasteiger partial charge in [-0.25, -0.2) is 0 Å². The fourth-order valence-electron chi connectivity index (χ4n) is 2.51. The third-order valence-electron chi connectivity index (χ3n) is 3.53. The third-order valence-corrected chi connectivity index (χ3v) is 3.53. The van der Waals surface area contributed by atoms with Crippen LogP contribution in [0.2, 0.25) is 0 Å². The molecule has 106 valence electrons. The number of nitro groups is 1. The lowest BCUT2D eigenvalue weighted by Gasteiger charge is -2.09. The Morgan fingerprint density at radius 3 is 3.20 bits per heavy atom. The predicted molar refractivity (Wildman–Crippen MR) is 74.8 cm³/mol.